The molecule has 0 bridgehead atoms. The van der Waals surface area contributed by atoms with Crippen LogP contribution in [0.15, 0.2) is 46.5 Å². The van der Waals surface area contributed by atoms with Gasteiger partial charge in [0.25, 0.3) is 0 Å². The van der Waals surface area contributed by atoms with Crippen molar-refractivity contribution in [2.24, 2.45) is 0 Å². The van der Waals surface area contributed by atoms with Gasteiger partial charge in [-0.1, -0.05) is 29.8 Å². The van der Waals surface area contributed by atoms with Gasteiger partial charge in [0.1, 0.15) is 5.01 Å². The van der Waals surface area contributed by atoms with E-state index in [1.165, 1.54) is 11.1 Å². The van der Waals surface area contributed by atoms with Crippen LogP contribution in [-0.4, -0.2) is 22.3 Å². The number of carbonyl (C=O) groups excluding carboxylic acids is 1. The van der Waals surface area contributed by atoms with E-state index in [0.717, 1.165) is 35.7 Å². The molecule has 128 valence electrons. The van der Waals surface area contributed by atoms with Crippen LogP contribution in [0.4, 0.5) is 0 Å². The minimum Gasteiger partial charge on any atom is -0.335 e. The Balaban J connectivity index is 1.47. The predicted octanol–water partition coefficient (Wildman–Crippen LogP) is 5.09. The fraction of sp³-hybridized carbons (Fsp3) is 0.300. The van der Waals surface area contributed by atoms with Crippen molar-refractivity contribution >= 4 is 28.6 Å². The molecule has 1 fully saturated rings. The van der Waals surface area contributed by atoms with Gasteiger partial charge in [0.15, 0.2) is 0 Å². The Kier molecular flexibility index (Phi) is 4.68. The molecule has 1 atom stereocenters. The van der Waals surface area contributed by atoms with Crippen molar-refractivity contribution in [1.29, 1.82) is 0 Å². The smallest absolute Gasteiger partial charge is 0.229 e. The van der Waals surface area contributed by atoms with E-state index in [4.69, 9.17) is 0 Å². The van der Waals surface area contributed by atoms with Crippen molar-refractivity contribution in [1.82, 2.24) is 9.88 Å². The number of carbonyl (C=O) groups is 1. The molecule has 4 rings (SSSR count). The van der Waals surface area contributed by atoms with Crippen LogP contribution >= 0.6 is 22.7 Å². The molecule has 3 aromatic rings. The molecule has 1 amide bonds. The average Bonchev–Trinajstić information content (AvgIpc) is 3.36. The Morgan fingerprint density at radius 1 is 1.24 bits per heavy atom. The monoisotopic (exact) mass is 368 g/mol. The highest BCUT2D eigenvalue weighted by molar-refractivity contribution is 7.14. The number of likely N-dealkylation sites (tertiary alicyclic amines) is 1. The highest BCUT2D eigenvalue weighted by Crippen LogP contribution is 2.33. The van der Waals surface area contributed by atoms with Gasteiger partial charge in [-0.05, 0) is 36.8 Å². The summed E-state index contributed by atoms with van der Waals surface area (Å²) in [6.07, 6.45) is 2.51. The lowest BCUT2D eigenvalue weighted by atomic mass is 10.0. The van der Waals surface area contributed by atoms with Gasteiger partial charge in [-0.2, -0.15) is 11.3 Å². The summed E-state index contributed by atoms with van der Waals surface area (Å²) >= 11 is 3.28. The van der Waals surface area contributed by atoms with Crippen LogP contribution in [0.2, 0.25) is 0 Å². The number of aromatic nitrogens is 1. The van der Waals surface area contributed by atoms with E-state index >= 15 is 0 Å². The Morgan fingerprint density at radius 3 is 2.84 bits per heavy atom. The van der Waals surface area contributed by atoms with Crippen LogP contribution in [-0.2, 0) is 11.2 Å². The van der Waals surface area contributed by atoms with Gasteiger partial charge < -0.3 is 4.90 Å². The third kappa shape index (κ3) is 3.53. The van der Waals surface area contributed by atoms with E-state index in [1.54, 1.807) is 22.7 Å². The second kappa shape index (κ2) is 7.10. The Bertz CT molecular complexity index is 852. The van der Waals surface area contributed by atoms with E-state index in [1.807, 2.05) is 10.3 Å². The first kappa shape index (κ1) is 16.5. The quantitative estimate of drug-likeness (QED) is 0.643. The van der Waals surface area contributed by atoms with E-state index in [9.17, 15) is 4.79 Å². The molecule has 0 aliphatic carbocycles. The Hall–Kier alpha value is -1.98. The summed E-state index contributed by atoms with van der Waals surface area (Å²) in [5.74, 6) is 0.185. The summed E-state index contributed by atoms with van der Waals surface area (Å²) in [6, 6.07) is 10.9. The minimum absolute atomic E-state index is 0.185. The van der Waals surface area contributed by atoms with Crippen molar-refractivity contribution in [3.05, 3.63) is 63.3 Å². The van der Waals surface area contributed by atoms with Gasteiger partial charge in [-0.25, -0.2) is 4.98 Å². The lowest BCUT2D eigenvalue weighted by Gasteiger charge is -2.25. The van der Waals surface area contributed by atoms with Crippen molar-refractivity contribution in [3.63, 3.8) is 0 Å². The number of thiophene rings is 1. The normalized spacial score (nSPS) is 17.2. The Labute approximate surface area is 156 Å². The molecule has 3 heterocycles. The number of benzene rings is 1. The van der Waals surface area contributed by atoms with Crippen LogP contribution in [0, 0.1) is 6.92 Å². The maximum absolute atomic E-state index is 12.9. The number of amides is 1. The molecular weight excluding hydrogens is 348 g/mol. The average molecular weight is 369 g/mol. The fourth-order valence-electron chi connectivity index (χ4n) is 3.36. The third-order valence-electron chi connectivity index (χ3n) is 4.69. The number of rotatable bonds is 4. The summed E-state index contributed by atoms with van der Waals surface area (Å²) in [7, 11) is 0. The molecule has 1 unspecified atom stereocenters. The van der Waals surface area contributed by atoms with E-state index in [2.05, 4.69) is 53.0 Å². The number of aryl methyl sites for hydroxylation is 1. The zero-order valence-electron chi connectivity index (χ0n) is 14.1. The fourth-order valence-corrected chi connectivity index (χ4v) is 4.90. The lowest BCUT2D eigenvalue weighted by molar-refractivity contribution is -0.131. The maximum Gasteiger partial charge on any atom is 0.229 e. The zero-order valence-corrected chi connectivity index (χ0v) is 15.8. The number of nitrogens with zero attached hydrogens (tertiary/aromatic N) is 2. The van der Waals surface area contributed by atoms with Crippen LogP contribution in [0.1, 0.15) is 35.7 Å². The molecule has 5 heteroatoms. The van der Waals surface area contributed by atoms with Crippen LogP contribution < -0.4 is 0 Å². The molecule has 2 aromatic heterocycles. The standard InChI is InChI=1S/C20H20N2OS2/c1-14-4-6-15(7-5-14)18-3-2-9-22(18)19(23)11-17-13-25-20(21-17)16-8-10-24-12-16/h4-8,10,12-13,18H,2-3,9,11H2,1H3. The number of hydrogen-bond donors (Lipinski definition) is 0. The molecule has 1 aliphatic rings. The van der Waals surface area contributed by atoms with Crippen molar-refractivity contribution < 1.29 is 4.79 Å². The highest BCUT2D eigenvalue weighted by Gasteiger charge is 2.30. The summed E-state index contributed by atoms with van der Waals surface area (Å²) in [5, 5.41) is 7.17. The Morgan fingerprint density at radius 2 is 2.08 bits per heavy atom. The summed E-state index contributed by atoms with van der Waals surface area (Å²) in [4.78, 5) is 19.5. The number of thiazole rings is 1. The molecular formula is C20H20N2OS2. The van der Waals surface area contributed by atoms with Crippen molar-refractivity contribution in [2.75, 3.05) is 6.54 Å². The minimum atomic E-state index is 0.185. The van der Waals surface area contributed by atoms with Crippen LogP contribution in [0.3, 0.4) is 0 Å². The molecule has 0 saturated carbocycles. The summed E-state index contributed by atoms with van der Waals surface area (Å²) < 4.78 is 0. The molecule has 0 N–H and O–H groups in total. The van der Waals surface area contributed by atoms with Gasteiger partial charge in [-0.3, -0.25) is 4.79 Å². The molecule has 3 nitrogen and oxygen atoms in total. The molecule has 25 heavy (non-hydrogen) atoms. The van der Waals surface area contributed by atoms with Gasteiger partial charge in [0.05, 0.1) is 18.2 Å². The lowest BCUT2D eigenvalue weighted by Crippen LogP contribution is -2.31. The molecule has 0 radical (unpaired) electrons. The topological polar surface area (TPSA) is 33.2 Å². The van der Waals surface area contributed by atoms with Gasteiger partial charge >= 0.3 is 0 Å². The van der Waals surface area contributed by atoms with Crippen molar-refractivity contribution in [2.45, 2.75) is 32.2 Å². The van der Waals surface area contributed by atoms with Gasteiger partial charge in [0, 0.05) is 22.9 Å². The highest BCUT2D eigenvalue weighted by atomic mass is 32.1. The maximum atomic E-state index is 12.9. The van der Waals surface area contributed by atoms with Gasteiger partial charge in [0.2, 0.25) is 5.91 Å². The largest absolute Gasteiger partial charge is 0.335 e. The van der Waals surface area contributed by atoms with Crippen LogP contribution in [0.25, 0.3) is 10.6 Å². The van der Waals surface area contributed by atoms with E-state index < -0.39 is 0 Å². The van der Waals surface area contributed by atoms with Gasteiger partial charge in [-0.15, -0.1) is 11.3 Å². The molecule has 1 aliphatic heterocycles. The first-order valence-electron chi connectivity index (χ1n) is 8.54. The predicted molar refractivity (Wildman–Crippen MR) is 104 cm³/mol. The first-order chi connectivity index (χ1) is 12.2. The van der Waals surface area contributed by atoms with E-state index in [-0.39, 0.29) is 11.9 Å². The molecule has 1 aromatic carbocycles. The SMILES string of the molecule is Cc1ccc(C2CCCN2C(=O)Cc2csc(-c3ccsc3)n2)cc1. The summed E-state index contributed by atoms with van der Waals surface area (Å²) in [5.41, 5.74) is 4.52. The molecule has 0 spiro atoms. The summed E-state index contributed by atoms with van der Waals surface area (Å²) in [6.45, 7) is 2.94. The third-order valence-corrected chi connectivity index (χ3v) is 6.31. The molecule has 1 saturated heterocycles. The van der Waals surface area contributed by atoms with Crippen LogP contribution in [0.5, 0.6) is 0 Å². The van der Waals surface area contributed by atoms with Crippen molar-refractivity contribution in [3.8, 4) is 10.6 Å². The second-order valence-electron chi connectivity index (χ2n) is 6.49. The first-order valence-corrected chi connectivity index (χ1v) is 10.4. The second-order valence-corrected chi connectivity index (χ2v) is 8.13. The van der Waals surface area contributed by atoms with E-state index in [0.29, 0.717) is 6.42 Å². The zero-order chi connectivity index (χ0) is 17.2. The number of hydrogen-bond acceptors (Lipinski definition) is 4.